The van der Waals surface area contributed by atoms with E-state index in [1.807, 2.05) is 0 Å². The molecule has 0 aromatic heterocycles. The van der Waals surface area contributed by atoms with E-state index >= 15 is 0 Å². The number of hydrogen-bond acceptors (Lipinski definition) is 5. The van der Waals surface area contributed by atoms with Gasteiger partial charge >= 0.3 is 0 Å². The Bertz CT molecular complexity index is 988. The number of benzene rings is 3. The lowest BCUT2D eigenvalue weighted by molar-refractivity contribution is 0.0883. The smallest absolute Gasteiger partial charge is 0.253 e. The van der Waals surface area contributed by atoms with Gasteiger partial charge in [-0.05, 0) is 54.1 Å². The zero-order valence-corrected chi connectivity index (χ0v) is 17.5. The van der Waals surface area contributed by atoms with Gasteiger partial charge in [0.2, 0.25) is 0 Å². The number of carbonyl (C=O) groups is 2. The summed E-state index contributed by atoms with van der Waals surface area (Å²) >= 11 is 0. The molecule has 0 unspecified atom stereocenters. The maximum absolute atomic E-state index is 12.9. The van der Waals surface area contributed by atoms with Crippen molar-refractivity contribution in [3.8, 4) is 17.2 Å². The molecule has 3 aromatic carbocycles. The highest BCUT2D eigenvalue weighted by Crippen LogP contribution is 2.19. The van der Waals surface area contributed by atoms with Crippen LogP contribution in [0.15, 0.2) is 72.8 Å². The van der Waals surface area contributed by atoms with Gasteiger partial charge in [-0.3, -0.25) is 9.59 Å². The van der Waals surface area contributed by atoms with Crippen LogP contribution in [0.25, 0.3) is 0 Å². The summed E-state index contributed by atoms with van der Waals surface area (Å²) in [5, 5.41) is 5.74. The molecular weight excluding hydrogens is 396 g/mol. The summed E-state index contributed by atoms with van der Waals surface area (Å²) in [5.74, 6) is 1.08. The van der Waals surface area contributed by atoms with Gasteiger partial charge in [-0.2, -0.15) is 0 Å². The van der Waals surface area contributed by atoms with Gasteiger partial charge < -0.3 is 24.8 Å². The zero-order valence-electron chi connectivity index (χ0n) is 17.5. The zero-order chi connectivity index (χ0) is 22.2. The third kappa shape index (κ3) is 5.54. The van der Waals surface area contributed by atoms with Crippen LogP contribution in [-0.4, -0.2) is 33.1 Å². The van der Waals surface area contributed by atoms with Crippen LogP contribution in [0.5, 0.6) is 17.2 Å². The van der Waals surface area contributed by atoms with E-state index in [9.17, 15) is 9.59 Å². The Labute approximate surface area is 180 Å². The Hall–Kier alpha value is -4.00. The molecule has 0 atom stereocenters. The lowest BCUT2D eigenvalue weighted by atomic mass is 10.1. The number of rotatable bonds is 8. The molecule has 0 bridgehead atoms. The fourth-order valence-electron chi connectivity index (χ4n) is 2.96. The molecule has 160 valence electrons. The van der Waals surface area contributed by atoms with Gasteiger partial charge in [-0.25, -0.2) is 0 Å². The number of amides is 2. The van der Waals surface area contributed by atoms with Crippen molar-refractivity contribution in [1.82, 2.24) is 10.6 Å². The number of carbonyl (C=O) groups excluding carboxylic acids is 2. The second-order valence-electron chi connectivity index (χ2n) is 6.62. The second-order valence-corrected chi connectivity index (χ2v) is 6.62. The molecule has 0 aliphatic rings. The van der Waals surface area contributed by atoms with E-state index < -0.39 is 6.17 Å². The summed E-state index contributed by atoms with van der Waals surface area (Å²) in [6.07, 6.45) is -0.775. The van der Waals surface area contributed by atoms with E-state index in [-0.39, 0.29) is 11.8 Å². The van der Waals surface area contributed by atoms with Crippen molar-refractivity contribution in [2.45, 2.75) is 6.17 Å². The number of hydrogen-bond donors (Lipinski definition) is 2. The van der Waals surface area contributed by atoms with Crippen LogP contribution in [-0.2, 0) is 0 Å². The van der Waals surface area contributed by atoms with Gasteiger partial charge in [-0.15, -0.1) is 0 Å². The molecule has 0 heterocycles. The summed E-state index contributed by atoms with van der Waals surface area (Å²) in [7, 11) is 4.64. The molecule has 7 nitrogen and oxygen atoms in total. The van der Waals surface area contributed by atoms with Gasteiger partial charge in [0.25, 0.3) is 11.8 Å². The Kier molecular flexibility index (Phi) is 7.11. The third-order valence-electron chi connectivity index (χ3n) is 4.66. The van der Waals surface area contributed by atoms with Gasteiger partial charge in [0.05, 0.1) is 21.3 Å². The lowest BCUT2D eigenvalue weighted by Gasteiger charge is -2.21. The SMILES string of the molecule is COc1ccc(C(NC(=O)c2cccc(OC)c2)NC(=O)c2cccc(OC)c2)cc1. The van der Waals surface area contributed by atoms with Crippen LogP contribution in [0.3, 0.4) is 0 Å². The first kappa shape index (κ1) is 21.7. The Morgan fingerprint density at radius 2 is 1.10 bits per heavy atom. The highest BCUT2D eigenvalue weighted by atomic mass is 16.5. The van der Waals surface area contributed by atoms with E-state index in [0.29, 0.717) is 33.9 Å². The van der Waals surface area contributed by atoms with Gasteiger partial charge in [-0.1, -0.05) is 24.3 Å². The van der Waals surface area contributed by atoms with Gasteiger partial charge in [0, 0.05) is 11.1 Å². The molecule has 7 heteroatoms. The summed E-state index contributed by atoms with van der Waals surface area (Å²) in [4.78, 5) is 25.8. The van der Waals surface area contributed by atoms with Crippen LogP contribution in [0.4, 0.5) is 0 Å². The predicted molar refractivity (Wildman–Crippen MR) is 117 cm³/mol. The number of methoxy groups -OCH3 is 3. The molecule has 0 saturated heterocycles. The van der Waals surface area contributed by atoms with Crippen molar-refractivity contribution < 1.29 is 23.8 Å². The van der Waals surface area contributed by atoms with Crippen molar-refractivity contribution >= 4 is 11.8 Å². The number of nitrogens with one attached hydrogen (secondary N) is 2. The minimum atomic E-state index is -0.775. The van der Waals surface area contributed by atoms with E-state index in [0.717, 1.165) is 0 Å². The molecule has 0 aliphatic heterocycles. The minimum absolute atomic E-state index is 0.356. The molecule has 0 fully saturated rings. The summed E-state index contributed by atoms with van der Waals surface area (Å²) in [6.45, 7) is 0. The number of ether oxygens (including phenoxy) is 3. The quantitative estimate of drug-likeness (QED) is 0.544. The molecule has 0 spiro atoms. The van der Waals surface area contributed by atoms with Gasteiger partial charge in [0.1, 0.15) is 23.4 Å². The molecule has 2 N–H and O–H groups in total. The average molecular weight is 420 g/mol. The van der Waals surface area contributed by atoms with Crippen molar-refractivity contribution in [2.24, 2.45) is 0 Å². The van der Waals surface area contributed by atoms with Crippen molar-refractivity contribution in [2.75, 3.05) is 21.3 Å². The van der Waals surface area contributed by atoms with E-state index in [1.54, 1.807) is 79.9 Å². The topological polar surface area (TPSA) is 85.9 Å². The van der Waals surface area contributed by atoms with E-state index in [1.165, 1.54) is 14.2 Å². The van der Waals surface area contributed by atoms with Crippen molar-refractivity contribution in [3.05, 3.63) is 89.5 Å². The first-order valence-electron chi connectivity index (χ1n) is 9.58. The highest BCUT2D eigenvalue weighted by Gasteiger charge is 2.20. The fraction of sp³-hybridized carbons (Fsp3) is 0.167. The van der Waals surface area contributed by atoms with Gasteiger partial charge in [0.15, 0.2) is 0 Å². The average Bonchev–Trinajstić information content (AvgIpc) is 2.83. The molecule has 0 aliphatic carbocycles. The third-order valence-corrected chi connectivity index (χ3v) is 4.66. The minimum Gasteiger partial charge on any atom is -0.497 e. The van der Waals surface area contributed by atoms with Crippen LogP contribution in [0, 0.1) is 0 Å². The Morgan fingerprint density at radius 1 is 0.645 bits per heavy atom. The van der Waals surface area contributed by atoms with Crippen LogP contribution in [0.2, 0.25) is 0 Å². The van der Waals surface area contributed by atoms with Crippen LogP contribution >= 0.6 is 0 Å². The summed E-state index contributed by atoms with van der Waals surface area (Å²) in [6, 6.07) is 20.6. The van der Waals surface area contributed by atoms with Crippen LogP contribution in [0.1, 0.15) is 32.4 Å². The molecule has 3 aromatic rings. The maximum Gasteiger partial charge on any atom is 0.253 e. The van der Waals surface area contributed by atoms with Crippen LogP contribution < -0.4 is 24.8 Å². The Morgan fingerprint density at radius 3 is 1.52 bits per heavy atom. The van der Waals surface area contributed by atoms with Crippen molar-refractivity contribution in [3.63, 3.8) is 0 Å². The normalized spacial score (nSPS) is 10.3. The highest BCUT2D eigenvalue weighted by molar-refractivity contribution is 5.97. The first-order valence-corrected chi connectivity index (χ1v) is 9.58. The van der Waals surface area contributed by atoms with Crippen molar-refractivity contribution in [1.29, 1.82) is 0 Å². The summed E-state index contributed by atoms with van der Waals surface area (Å²) < 4.78 is 15.6. The monoisotopic (exact) mass is 420 g/mol. The lowest BCUT2D eigenvalue weighted by Crippen LogP contribution is -2.41. The Balaban J connectivity index is 1.86. The molecular formula is C24H24N2O5. The first-order chi connectivity index (χ1) is 15.0. The summed E-state index contributed by atoms with van der Waals surface area (Å²) in [5.41, 5.74) is 1.51. The van der Waals surface area contributed by atoms with E-state index in [2.05, 4.69) is 10.6 Å². The fourth-order valence-corrected chi connectivity index (χ4v) is 2.96. The molecule has 2 amide bonds. The maximum atomic E-state index is 12.9. The van der Waals surface area contributed by atoms with E-state index in [4.69, 9.17) is 14.2 Å². The predicted octanol–water partition coefficient (Wildman–Crippen LogP) is 3.57. The largest absolute Gasteiger partial charge is 0.497 e. The molecule has 31 heavy (non-hydrogen) atoms. The second kappa shape index (κ2) is 10.2. The molecule has 0 radical (unpaired) electrons. The standard InChI is InChI=1S/C24H24N2O5/c1-29-19-12-10-16(11-13-19)22(25-23(27)17-6-4-8-20(14-17)30-2)26-24(28)18-7-5-9-21(15-18)31-3/h4-15,22H,1-3H3,(H,25,27)(H,26,28). The molecule has 3 rings (SSSR count). The molecule has 0 saturated carbocycles.